The van der Waals surface area contributed by atoms with Gasteiger partial charge in [-0.3, -0.25) is 4.98 Å². The van der Waals surface area contributed by atoms with E-state index in [1.807, 2.05) is 41.2 Å². The topological polar surface area (TPSA) is 81.7 Å². The molecule has 3 aromatic heterocycles. The number of aromatic nitrogens is 5. The SMILES string of the molecule is C[C@@H](NCc1nc(-c2cccnc2)no1)c1ccc(-n2cccn2)cc1. The van der Waals surface area contributed by atoms with E-state index in [-0.39, 0.29) is 6.04 Å². The molecule has 0 aliphatic heterocycles. The lowest BCUT2D eigenvalue weighted by atomic mass is 10.1. The van der Waals surface area contributed by atoms with E-state index in [1.165, 1.54) is 5.56 Å². The molecule has 1 N–H and O–H groups in total. The van der Waals surface area contributed by atoms with Crippen molar-refractivity contribution in [2.24, 2.45) is 0 Å². The van der Waals surface area contributed by atoms with Crippen LogP contribution >= 0.6 is 0 Å². The van der Waals surface area contributed by atoms with E-state index in [9.17, 15) is 0 Å². The fraction of sp³-hybridized carbons (Fsp3) is 0.158. The molecule has 0 aliphatic carbocycles. The van der Waals surface area contributed by atoms with Gasteiger partial charge in [-0.05, 0) is 42.8 Å². The first-order valence-electron chi connectivity index (χ1n) is 8.36. The van der Waals surface area contributed by atoms with Gasteiger partial charge in [0.15, 0.2) is 0 Å². The van der Waals surface area contributed by atoms with Crippen molar-refractivity contribution in [3.8, 4) is 17.1 Å². The van der Waals surface area contributed by atoms with Crippen LogP contribution in [0.15, 0.2) is 71.8 Å². The predicted octanol–water partition coefficient (Wildman–Crippen LogP) is 3.17. The molecule has 7 heteroatoms. The Bertz CT molecular complexity index is 947. The zero-order valence-electron chi connectivity index (χ0n) is 14.3. The molecule has 0 radical (unpaired) electrons. The van der Waals surface area contributed by atoms with Crippen molar-refractivity contribution in [1.82, 2.24) is 30.2 Å². The number of nitrogens with one attached hydrogen (secondary N) is 1. The van der Waals surface area contributed by atoms with Crippen molar-refractivity contribution in [2.45, 2.75) is 19.5 Å². The molecule has 0 saturated carbocycles. The first-order chi connectivity index (χ1) is 12.8. The Morgan fingerprint density at radius 1 is 1.12 bits per heavy atom. The maximum Gasteiger partial charge on any atom is 0.240 e. The van der Waals surface area contributed by atoms with Gasteiger partial charge in [-0.1, -0.05) is 17.3 Å². The average molecular weight is 346 g/mol. The van der Waals surface area contributed by atoms with E-state index in [0.717, 1.165) is 11.3 Å². The third-order valence-electron chi connectivity index (χ3n) is 4.11. The van der Waals surface area contributed by atoms with Crippen LogP contribution in [0, 0.1) is 0 Å². The van der Waals surface area contributed by atoms with Gasteiger partial charge in [0.05, 0.1) is 12.2 Å². The third-order valence-corrected chi connectivity index (χ3v) is 4.11. The summed E-state index contributed by atoms with van der Waals surface area (Å²) in [5.41, 5.74) is 3.04. The Morgan fingerprint density at radius 3 is 2.73 bits per heavy atom. The molecule has 0 bridgehead atoms. The Kier molecular flexibility index (Phi) is 4.53. The lowest BCUT2D eigenvalue weighted by Crippen LogP contribution is -2.18. The lowest BCUT2D eigenvalue weighted by molar-refractivity contribution is 0.360. The summed E-state index contributed by atoms with van der Waals surface area (Å²) in [5, 5.41) is 11.6. The predicted molar refractivity (Wildman–Crippen MR) is 96.3 cm³/mol. The Morgan fingerprint density at radius 2 is 2.00 bits per heavy atom. The summed E-state index contributed by atoms with van der Waals surface area (Å²) >= 11 is 0. The molecule has 0 aliphatic rings. The van der Waals surface area contributed by atoms with Gasteiger partial charge in [-0.2, -0.15) is 10.1 Å². The molecule has 7 nitrogen and oxygen atoms in total. The van der Waals surface area contributed by atoms with Crippen LogP contribution in [-0.2, 0) is 6.54 Å². The van der Waals surface area contributed by atoms with Gasteiger partial charge in [0, 0.05) is 36.4 Å². The van der Waals surface area contributed by atoms with Crippen LogP contribution in [-0.4, -0.2) is 24.9 Å². The molecule has 0 saturated heterocycles. The smallest absolute Gasteiger partial charge is 0.240 e. The highest BCUT2D eigenvalue weighted by molar-refractivity contribution is 5.51. The van der Waals surface area contributed by atoms with Crippen molar-refractivity contribution < 1.29 is 4.52 Å². The van der Waals surface area contributed by atoms with Crippen molar-refractivity contribution in [2.75, 3.05) is 0 Å². The first kappa shape index (κ1) is 16.2. The Balaban J connectivity index is 1.38. The highest BCUT2D eigenvalue weighted by Gasteiger charge is 2.11. The summed E-state index contributed by atoms with van der Waals surface area (Å²) in [6.07, 6.45) is 7.12. The standard InChI is InChI=1S/C19H18N6O/c1-14(15-5-7-17(8-6-15)25-11-3-10-22-25)21-13-18-23-19(24-26-18)16-4-2-9-20-12-16/h2-12,14,21H,13H2,1H3/t14-/m1/s1. The maximum atomic E-state index is 5.31. The van der Waals surface area contributed by atoms with Gasteiger partial charge in [-0.15, -0.1) is 0 Å². The molecule has 0 fully saturated rings. The minimum atomic E-state index is 0.149. The maximum absolute atomic E-state index is 5.31. The van der Waals surface area contributed by atoms with Crippen molar-refractivity contribution in [1.29, 1.82) is 0 Å². The van der Waals surface area contributed by atoms with Gasteiger partial charge in [0.2, 0.25) is 11.7 Å². The summed E-state index contributed by atoms with van der Waals surface area (Å²) in [5.74, 6) is 1.09. The minimum Gasteiger partial charge on any atom is -0.338 e. The molecule has 0 unspecified atom stereocenters. The second kappa shape index (κ2) is 7.28. The summed E-state index contributed by atoms with van der Waals surface area (Å²) in [6.45, 7) is 2.59. The Hall–Kier alpha value is -3.32. The molecular formula is C19H18N6O. The van der Waals surface area contributed by atoms with E-state index < -0.39 is 0 Å². The van der Waals surface area contributed by atoms with Crippen LogP contribution < -0.4 is 5.32 Å². The second-order valence-corrected chi connectivity index (χ2v) is 5.90. The number of benzene rings is 1. The lowest BCUT2D eigenvalue weighted by Gasteiger charge is -2.13. The number of nitrogens with zero attached hydrogens (tertiary/aromatic N) is 5. The van der Waals surface area contributed by atoms with Gasteiger partial charge in [0.25, 0.3) is 0 Å². The van der Waals surface area contributed by atoms with E-state index in [4.69, 9.17) is 4.52 Å². The second-order valence-electron chi connectivity index (χ2n) is 5.90. The zero-order chi connectivity index (χ0) is 17.8. The monoisotopic (exact) mass is 346 g/mol. The molecule has 0 spiro atoms. The molecular weight excluding hydrogens is 328 g/mol. The first-order valence-corrected chi connectivity index (χ1v) is 8.36. The third kappa shape index (κ3) is 3.52. The molecule has 0 amide bonds. The average Bonchev–Trinajstić information content (AvgIpc) is 3.39. The molecule has 1 atom stereocenters. The molecule has 4 rings (SSSR count). The molecule has 130 valence electrons. The number of pyridine rings is 1. The molecule has 4 aromatic rings. The number of hydrogen-bond donors (Lipinski definition) is 1. The van der Waals surface area contributed by atoms with Crippen molar-refractivity contribution >= 4 is 0 Å². The van der Waals surface area contributed by atoms with Crippen LogP contribution in [0.2, 0.25) is 0 Å². The summed E-state index contributed by atoms with van der Waals surface area (Å²) < 4.78 is 7.14. The highest BCUT2D eigenvalue weighted by atomic mass is 16.5. The van der Waals surface area contributed by atoms with Crippen molar-refractivity contribution in [3.63, 3.8) is 0 Å². The number of hydrogen-bond acceptors (Lipinski definition) is 6. The van der Waals surface area contributed by atoms with Crippen molar-refractivity contribution in [3.05, 3.63) is 78.7 Å². The van der Waals surface area contributed by atoms with Gasteiger partial charge in [0.1, 0.15) is 0 Å². The van der Waals surface area contributed by atoms with Crippen LogP contribution in [0.4, 0.5) is 0 Å². The van der Waals surface area contributed by atoms with E-state index in [1.54, 1.807) is 18.6 Å². The summed E-state index contributed by atoms with van der Waals surface area (Å²) in [4.78, 5) is 8.47. The van der Waals surface area contributed by atoms with E-state index >= 15 is 0 Å². The fourth-order valence-electron chi connectivity index (χ4n) is 2.63. The van der Waals surface area contributed by atoms with Gasteiger partial charge >= 0.3 is 0 Å². The number of rotatable bonds is 6. The Labute approximate surface area is 150 Å². The van der Waals surface area contributed by atoms with Gasteiger partial charge < -0.3 is 9.84 Å². The molecule has 1 aromatic carbocycles. The summed E-state index contributed by atoms with van der Waals surface area (Å²) in [6, 6.07) is 14.1. The van der Waals surface area contributed by atoms with E-state index in [2.05, 4.69) is 44.6 Å². The normalized spacial score (nSPS) is 12.2. The summed E-state index contributed by atoms with van der Waals surface area (Å²) in [7, 11) is 0. The van der Waals surface area contributed by atoms with E-state index in [0.29, 0.717) is 18.3 Å². The quantitative estimate of drug-likeness (QED) is 0.577. The highest BCUT2D eigenvalue weighted by Crippen LogP contribution is 2.17. The zero-order valence-corrected chi connectivity index (χ0v) is 14.3. The van der Waals surface area contributed by atoms with Crippen LogP contribution in [0.25, 0.3) is 17.1 Å². The minimum absolute atomic E-state index is 0.149. The van der Waals surface area contributed by atoms with Crippen LogP contribution in [0.1, 0.15) is 24.4 Å². The largest absolute Gasteiger partial charge is 0.338 e. The molecule has 26 heavy (non-hydrogen) atoms. The van der Waals surface area contributed by atoms with Gasteiger partial charge in [-0.25, -0.2) is 4.68 Å². The van der Waals surface area contributed by atoms with Crippen LogP contribution in [0.5, 0.6) is 0 Å². The van der Waals surface area contributed by atoms with Crippen LogP contribution in [0.3, 0.4) is 0 Å². The fourth-order valence-corrected chi connectivity index (χ4v) is 2.63. The molecule has 3 heterocycles.